The molecule has 23 heavy (non-hydrogen) atoms. The molecule has 0 radical (unpaired) electrons. The number of carbonyl (C=O) groups excluding carboxylic acids is 2. The summed E-state index contributed by atoms with van der Waals surface area (Å²) in [5.41, 5.74) is -0.255. The zero-order chi connectivity index (χ0) is 17.5. The maximum absolute atomic E-state index is 13.6. The normalized spacial score (nSPS) is 12.4. The summed E-state index contributed by atoms with van der Waals surface area (Å²) in [5.74, 6) is -0.629. The summed E-state index contributed by atoms with van der Waals surface area (Å²) in [6.45, 7) is 7.75. The van der Waals surface area contributed by atoms with Crippen molar-refractivity contribution < 1.29 is 18.7 Å². The first-order chi connectivity index (χ1) is 10.7. The molecule has 0 aromatic heterocycles. The highest BCUT2D eigenvalue weighted by atomic mass is 19.1. The van der Waals surface area contributed by atoms with Crippen molar-refractivity contribution >= 4 is 11.8 Å². The fourth-order valence-electron chi connectivity index (χ4n) is 1.86. The lowest BCUT2D eigenvalue weighted by atomic mass is 9.87. The van der Waals surface area contributed by atoms with Crippen molar-refractivity contribution in [1.82, 2.24) is 10.6 Å². The van der Waals surface area contributed by atoms with Crippen LogP contribution < -0.4 is 15.4 Å². The van der Waals surface area contributed by atoms with Crippen molar-refractivity contribution in [1.29, 1.82) is 0 Å². The van der Waals surface area contributed by atoms with Crippen LogP contribution in [0, 0.1) is 11.2 Å². The number of carbonyl (C=O) groups is 2. The van der Waals surface area contributed by atoms with E-state index >= 15 is 0 Å². The molecule has 1 aromatic carbocycles. The summed E-state index contributed by atoms with van der Waals surface area (Å²) in [6, 6.07) is 5.87. The van der Waals surface area contributed by atoms with Gasteiger partial charge < -0.3 is 15.4 Å². The molecule has 0 unspecified atom stereocenters. The zero-order valence-electron chi connectivity index (χ0n) is 14.1. The number of amides is 2. The average molecular weight is 324 g/mol. The van der Waals surface area contributed by atoms with Crippen molar-refractivity contribution in [2.75, 3.05) is 13.2 Å². The van der Waals surface area contributed by atoms with Gasteiger partial charge in [0.2, 0.25) is 11.8 Å². The maximum Gasteiger partial charge on any atom is 0.222 e. The Morgan fingerprint density at radius 1 is 1.26 bits per heavy atom. The molecule has 2 N–H and O–H groups in total. The highest BCUT2D eigenvalue weighted by Gasteiger charge is 2.27. The number of halogens is 1. The fourth-order valence-corrected chi connectivity index (χ4v) is 1.86. The number of ether oxygens (including phenoxy) is 1. The van der Waals surface area contributed by atoms with E-state index in [0.717, 1.165) is 0 Å². The van der Waals surface area contributed by atoms with E-state index < -0.39 is 5.82 Å². The molecule has 0 fully saturated rings. The van der Waals surface area contributed by atoms with Gasteiger partial charge >= 0.3 is 0 Å². The van der Waals surface area contributed by atoms with Gasteiger partial charge in [-0.3, -0.25) is 9.59 Å². The second-order valence-electron chi connectivity index (χ2n) is 6.46. The Kier molecular flexibility index (Phi) is 7.00. The number of benzene rings is 1. The van der Waals surface area contributed by atoms with Gasteiger partial charge in [0.25, 0.3) is 0 Å². The Balaban J connectivity index is 2.58. The predicted octanol–water partition coefficient (Wildman–Crippen LogP) is 2.26. The number of rotatable bonds is 7. The highest BCUT2D eigenvalue weighted by molar-refractivity contribution is 5.78. The van der Waals surface area contributed by atoms with Crippen molar-refractivity contribution in [2.45, 2.75) is 40.2 Å². The van der Waals surface area contributed by atoms with E-state index in [9.17, 15) is 14.0 Å². The lowest BCUT2D eigenvalue weighted by Gasteiger charge is -2.31. The van der Waals surface area contributed by atoms with E-state index in [1.54, 1.807) is 18.2 Å². The lowest BCUT2D eigenvalue weighted by Crippen LogP contribution is -2.48. The lowest BCUT2D eigenvalue weighted by molar-refractivity contribution is -0.123. The van der Waals surface area contributed by atoms with Gasteiger partial charge in [-0.15, -0.1) is 0 Å². The summed E-state index contributed by atoms with van der Waals surface area (Å²) in [4.78, 5) is 22.8. The molecule has 1 atom stereocenters. The topological polar surface area (TPSA) is 67.4 Å². The summed E-state index contributed by atoms with van der Waals surface area (Å²) in [6.07, 6.45) is 0.186. The second kappa shape index (κ2) is 8.50. The SMILES string of the molecule is CC(=O)NCCC(=O)N[C@@H](COc1ccccc1F)C(C)(C)C. The molecule has 5 nitrogen and oxygen atoms in total. The van der Waals surface area contributed by atoms with Gasteiger partial charge in [-0.1, -0.05) is 32.9 Å². The first kappa shape index (κ1) is 18.9. The van der Waals surface area contributed by atoms with Crippen LogP contribution in [0.15, 0.2) is 24.3 Å². The molecule has 0 bridgehead atoms. The molecule has 1 rings (SSSR count). The van der Waals surface area contributed by atoms with Gasteiger partial charge in [0.15, 0.2) is 11.6 Å². The van der Waals surface area contributed by atoms with Crippen LogP contribution in [0.4, 0.5) is 4.39 Å². The molecule has 1 aromatic rings. The Labute approximate surface area is 136 Å². The second-order valence-corrected chi connectivity index (χ2v) is 6.46. The fraction of sp³-hybridized carbons (Fsp3) is 0.529. The molecule has 2 amide bonds. The maximum atomic E-state index is 13.6. The summed E-state index contributed by atoms with van der Waals surface area (Å²) >= 11 is 0. The summed E-state index contributed by atoms with van der Waals surface area (Å²) < 4.78 is 19.1. The van der Waals surface area contributed by atoms with Crippen molar-refractivity contribution in [3.63, 3.8) is 0 Å². The zero-order valence-corrected chi connectivity index (χ0v) is 14.1. The molecule has 0 spiro atoms. The van der Waals surface area contributed by atoms with E-state index in [1.165, 1.54) is 13.0 Å². The molecule has 0 saturated carbocycles. The van der Waals surface area contributed by atoms with Crippen LogP contribution in [0.1, 0.15) is 34.1 Å². The number of hydrogen-bond acceptors (Lipinski definition) is 3. The first-order valence-corrected chi connectivity index (χ1v) is 7.61. The van der Waals surface area contributed by atoms with E-state index in [-0.39, 0.29) is 48.6 Å². The van der Waals surface area contributed by atoms with Crippen LogP contribution in [0.3, 0.4) is 0 Å². The molecule has 0 saturated heterocycles. The third kappa shape index (κ3) is 7.13. The van der Waals surface area contributed by atoms with E-state index in [4.69, 9.17) is 4.74 Å². The van der Waals surface area contributed by atoms with Crippen molar-refractivity contribution in [2.24, 2.45) is 5.41 Å². The molecular formula is C17H25FN2O3. The minimum absolute atomic E-state index is 0.161. The van der Waals surface area contributed by atoms with E-state index in [0.29, 0.717) is 0 Å². The van der Waals surface area contributed by atoms with Crippen LogP contribution in [0.2, 0.25) is 0 Å². The standard InChI is InChI=1S/C17H25FN2O3/c1-12(21)19-10-9-16(22)20-15(17(2,3)4)11-23-14-8-6-5-7-13(14)18/h5-8,15H,9-11H2,1-4H3,(H,19,21)(H,20,22)/t15-/m0/s1. The predicted molar refractivity (Wildman–Crippen MR) is 86.6 cm³/mol. The van der Waals surface area contributed by atoms with Gasteiger partial charge in [-0.2, -0.15) is 0 Å². The Bertz CT molecular complexity index is 541. The van der Waals surface area contributed by atoms with Gasteiger partial charge in [0, 0.05) is 19.9 Å². The van der Waals surface area contributed by atoms with Gasteiger partial charge in [-0.25, -0.2) is 4.39 Å². The Morgan fingerprint density at radius 3 is 2.48 bits per heavy atom. The van der Waals surface area contributed by atoms with Gasteiger partial charge in [0.1, 0.15) is 6.61 Å². The minimum atomic E-state index is -0.433. The number of para-hydroxylation sites is 1. The molecule has 6 heteroatoms. The third-order valence-corrected chi connectivity index (χ3v) is 3.35. The molecule has 0 aliphatic heterocycles. The van der Waals surface area contributed by atoms with Crippen LogP contribution in [0.5, 0.6) is 5.75 Å². The first-order valence-electron chi connectivity index (χ1n) is 7.61. The van der Waals surface area contributed by atoms with Crippen LogP contribution >= 0.6 is 0 Å². The highest BCUT2D eigenvalue weighted by Crippen LogP contribution is 2.22. The molecule has 0 aliphatic carbocycles. The van der Waals surface area contributed by atoms with Gasteiger partial charge in [-0.05, 0) is 17.5 Å². The van der Waals surface area contributed by atoms with Crippen molar-refractivity contribution in [3.8, 4) is 5.75 Å². The van der Waals surface area contributed by atoms with Crippen LogP contribution in [0.25, 0.3) is 0 Å². The number of hydrogen-bond donors (Lipinski definition) is 2. The van der Waals surface area contributed by atoms with Crippen molar-refractivity contribution in [3.05, 3.63) is 30.1 Å². The largest absolute Gasteiger partial charge is 0.488 e. The Morgan fingerprint density at radius 2 is 1.91 bits per heavy atom. The summed E-state index contributed by atoms with van der Waals surface area (Å²) in [5, 5.41) is 5.46. The van der Waals surface area contributed by atoms with Crippen LogP contribution in [-0.4, -0.2) is 31.0 Å². The molecular weight excluding hydrogens is 299 g/mol. The monoisotopic (exact) mass is 324 g/mol. The Hall–Kier alpha value is -2.11. The van der Waals surface area contributed by atoms with Gasteiger partial charge in [0.05, 0.1) is 6.04 Å². The quantitative estimate of drug-likeness (QED) is 0.808. The van der Waals surface area contributed by atoms with Crippen LogP contribution in [-0.2, 0) is 9.59 Å². The molecule has 128 valence electrons. The summed E-state index contributed by atoms with van der Waals surface area (Å²) in [7, 11) is 0. The van der Waals surface area contributed by atoms with E-state index in [1.807, 2.05) is 20.8 Å². The minimum Gasteiger partial charge on any atom is -0.488 e. The third-order valence-electron chi connectivity index (χ3n) is 3.35. The smallest absolute Gasteiger partial charge is 0.222 e. The average Bonchev–Trinajstić information content (AvgIpc) is 2.43. The number of nitrogens with one attached hydrogen (secondary N) is 2. The molecule has 0 aliphatic rings. The van der Waals surface area contributed by atoms with E-state index in [2.05, 4.69) is 10.6 Å². The molecule has 0 heterocycles.